The molecular formula is C15H18BrN3O2. The Balaban J connectivity index is 2.25. The number of halogens is 1. The van der Waals surface area contributed by atoms with Gasteiger partial charge in [0.25, 0.3) is 0 Å². The van der Waals surface area contributed by atoms with Crippen LogP contribution in [0.5, 0.6) is 11.5 Å². The smallest absolute Gasteiger partial charge is 0.162 e. The summed E-state index contributed by atoms with van der Waals surface area (Å²) in [7, 11) is 3.23. The Morgan fingerprint density at radius 3 is 2.52 bits per heavy atom. The molecule has 0 aliphatic carbocycles. The lowest BCUT2D eigenvalue weighted by molar-refractivity contribution is 0.355. The largest absolute Gasteiger partial charge is 0.493 e. The van der Waals surface area contributed by atoms with Crippen molar-refractivity contribution in [3.05, 3.63) is 34.7 Å². The van der Waals surface area contributed by atoms with E-state index < -0.39 is 0 Å². The molecule has 6 heteroatoms. The van der Waals surface area contributed by atoms with E-state index in [0.29, 0.717) is 11.5 Å². The second-order valence-corrected chi connectivity index (χ2v) is 5.25. The zero-order valence-electron chi connectivity index (χ0n) is 12.3. The molecule has 1 aromatic carbocycles. The molecule has 0 saturated carbocycles. The van der Waals surface area contributed by atoms with Gasteiger partial charge in [-0.05, 0) is 34.5 Å². The number of hydrogen-bond donors (Lipinski definition) is 1. The molecule has 2 rings (SSSR count). The molecule has 112 valence electrons. The van der Waals surface area contributed by atoms with Crippen LogP contribution in [0.4, 0.5) is 11.5 Å². The van der Waals surface area contributed by atoms with Crippen molar-refractivity contribution in [1.29, 1.82) is 0 Å². The van der Waals surface area contributed by atoms with E-state index in [1.165, 1.54) is 0 Å². The van der Waals surface area contributed by atoms with Crippen LogP contribution in [0, 0.1) is 0 Å². The van der Waals surface area contributed by atoms with Crippen LogP contribution in [0.1, 0.15) is 19.2 Å². The van der Waals surface area contributed by atoms with Crippen LogP contribution in [0.2, 0.25) is 0 Å². The van der Waals surface area contributed by atoms with Gasteiger partial charge in [0.2, 0.25) is 0 Å². The summed E-state index contributed by atoms with van der Waals surface area (Å²) in [6.07, 6.45) is 1.85. The standard InChI is InChI=1S/C15H18BrN3O2/c1-4-5-14-18-13(16)9-15(19-14)17-10-6-7-11(20-2)12(8-10)21-3/h6-9H,4-5H2,1-3H3,(H,17,18,19). The van der Waals surface area contributed by atoms with Crippen molar-refractivity contribution < 1.29 is 9.47 Å². The van der Waals surface area contributed by atoms with E-state index in [0.717, 1.165) is 34.8 Å². The highest BCUT2D eigenvalue weighted by Crippen LogP contribution is 2.31. The maximum Gasteiger partial charge on any atom is 0.162 e. The third kappa shape index (κ3) is 4.07. The number of benzene rings is 1. The van der Waals surface area contributed by atoms with Gasteiger partial charge in [0.1, 0.15) is 16.2 Å². The minimum absolute atomic E-state index is 0.671. The summed E-state index contributed by atoms with van der Waals surface area (Å²) in [4.78, 5) is 8.84. The minimum Gasteiger partial charge on any atom is -0.493 e. The molecule has 0 fully saturated rings. The van der Waals surface area contributed by atoms with E-state index in [4.69, 9.17) is 9.47 Å². The van der Waals surface area contributed by atoms with Crippen molar-refractivity contribution in [3.8, 4) is 11.5 Å². The number of rotatable bonds is 6. The second-order valence-electron chi connectivity index (χ2n) is 4.44. The van der Waals surface area contributed by atoms with E-state index in [9.17, 15) is 0 Å². The molecule has 0 bridgehead atoms. The maximum absolute atomic E-state index is 5.29. The van der Waals surface area contributed by atoms with Crippen molar-refractivity contribution in [2.75, 3.05) is 19.5 Å². The third-order valence-electron chi connectivity index (χ3n) is 2.87. The number of aryl methyl sites for hydroxylation is 1. The predicted molar refractivity (Wildman–Crippen MR) is 86.6 cm³/mol. The molecule has 0 aliphatic heterocycles. The number of nitrogens with zero attached hydrogens (tertiary/aromatic N) is 2. The molecule has 0 unspecified atom stereocenters. The summed E-state index contributed by atoms with van der Waals surface area (Å²) in [6.45, 7) is 2.10. The minimum atomic E-state index is 0.671. The van der Waals surface area contributed by atoms with Gasteiger partial charge in [0, 0.05) is 24.2 Å². The van der Waals surface area contributed by atoms with E-state index in [-0.39, 0.29) is 0 Å². The molecule has 2 aromatic rings. The van der Waals surface area contributed by atoms with Crippen molar-refractivity contribution in [2.45, 2.75) is 19.8 Å². The SMILES string of the molecule is CCCc1nc(Br)cc(Nc2ccc(OC)c(OC)c2)n1. The third-order valence-corrected chi connectivity index (χ3v) is 3.28. The molecule has 0 aliphatic rings. The lowest BCUT2D eigenvalue weighted by Gasteiger charge is -2.11. The molecule has 0 spiro atoms. The number of nitrogens with one attached hydrogen (secondary N) is 1. The number of aromatic nitrogens is 2. The summed E-state index contributed by atoms with van der Waals surface area (Å²) in [6, 6.07) is 7.48. The van der Waals surface area contributed by atoms with Gasteiger partial charge in [0.15, 0.2) is 11.5 Å². The van der Waals surface area contributed by atoms with Crippen molar-refractivity contribution >= 4 is 27.4 Å². The topological polar surface area (TPSA) is 56.3 Å². The average Bonchev–Trinajstić information content (AvgIpc) is 2.46. The summed E-state index contributed by atoms with van der Waals surface area (Å²) < 4.78 is 11.3. The van der Waals surface area contributed by atoms with Crippen molar-refractivity contribution in [2.24, 2.45) is 0 Å². The van der Waals surface area contributed by atoms with Gasteiger partial charge in [-0.25, -0.2) is 9.97 Å². The fourth-order valence-electron chi connectivity index (χ4n) is 1.93. The summed E-state index contributed by atoms with van der Waals surface area (Å²) in [5.41, 5.74) is 0.876. The Labute approximate surface area is 132 Å². The Bertz CT molecular complexity index is 620. The first-order valence-electron chi connectivity index (χ1n) is 6.68. The Morgan fingerprint density at radius 2 is 1.86 bits per heavy atom. The lowest BCUT2D eigenvalue weighted by Crippen LogP contribution is -2.01. The highest BCUT2D eigenvalue weighted by atomic mass is 79.9. The van der Waals surface area contributed by atoms with Crippen LogP contribution in [0.15, 0.2) is 28.9 Å². The summed E-state index contributed by atoms with van der Waals surface area (Å²) in [5.74, 6) is 2.92. The van der Waals surface area contributed by atoms with E-state index in [2.05, 4.69) is 38.1 Å². The van der Waals surface area contributed by atoms with Crippen LogP contribution in [0.3, 0.4) is 0 Å². The van der Waals surface area contributed by atoms with Gasteiger partial charge in [0.05, 0.1) is 14.2 Å². The quantitative estimate of drug-likeness (QED) is 0.798. The fourth-order valence-corrected chi connectivity index (χ4v) is 2.35. The zero-order valence-corrected chi connectivity index (χ0v) is 13.9. The molecule has 1 N–H and O–H groups in total. The molecule has 1 aromatic heterocycles. The molecule has 1 heterocycles. The first kappa shape index (κ1) is 15.6. The normalized spacial score (nSPS) is 10.3. The van der Waals surface area contributed by atoms with E-state index in [1.54, 1.807) is 14.2 Å². The first-order valence-corrected chi connectivity index (χ1v) is 7.48. The molecular weight excluding hydrogens is 334 g/mol. The van der Waals surface area contributed by atoms with Crippen molar-refractivity contribution in [1.82, 2.24) is 9.97 Å². The molecule has 0 saturated heterocycles. The maximum atomic E-state index is 5.29. The number of ether oxygens (including phenoxy) is 2. The van der Waals surface area contributed by atoms with Crippen LogP contribution in [-0.2, 0) is 6.42 Å². The van der Waals surface area contributed by atoms with Gasteiger partial charge in [-0.1, -0.05) is 6.92 Å². The van der Waals surface area contributed by atoms with Gasteiger partial charge in [-0.15, -0.1) is 0 Å². The highest BCUT2D eigenvalue weighted by Gasteiger charge is 2.07. The Kier molecular flexibility index (Phi) is 5.38. The van der Waals surface area contributed by atoms with Crippen LogP contribution in [-0.4, -0.2) is 24.2 Å². The molecule has 0 atom stereocenters. The first-order chi connectivity index (χ1) is 10.2. The van der Waals surface area contributed by atoms with Crippen molar-refractivity contribution in [3.63, 3.8) is 0 Å². The second kappa shape index (κ2) is 7.26. The van der Waals surface area contributed by atoms with Gasteiger partial charge >= 0.3 is 0 Å². The number of hydrogen-bond acceptors (Lipinski definition) is 5. The predicted octanol–water partition coefficient (Wildman–Crippen LogP) is 3.95. The summed E-state index contributed by atoms with van der Waals surface area (Å²) in [5, 5.41) is 3.25. The molecule has 5 nitrogen and oxygen atoms in total. The monoisotopic (exact) mass is 351 g/mol. The molecule has 0 amide bonds. The number of methoxy groups -OCH3 is 2. The van der Waals surface area contributed by atoms with Gasteiger partial charge in [-0.2, -0.15) is 0 Å². The fraction of sp³-hybridized carbons (Fsp3) is 0.333. The van der Waals surface area contributed by atoms with E-state index >= 15 is 0 Å². The zero-order chi connectivity index (χ0) is 15.2. The number of anilines is 2. The van der Waals surface area contributed by atoms with E-state index in [1.807, 2.05) is 24.3 Å². The highest BCUT2D eigenvalue weighted by molar-refractivity contribution is 9.10. The van der Waals surface area contributed by atoms with Crippen LogP contribution in [0.25, 0.3) is 0 Å². The molecule has 0 radical (unpaired) electrons. The van der Waals surface area contributed by atoms with Gasteiger partial charge in [-0.3, -0.25) is 0 Å². The lowest BCUT2D eigenvalue weighted by atomic mass is 10.2. The summed E-state index contributed by atoms with van der Waals surface area (Å²) >= 11 is 3.41. The van der Waals surface area contributed by atoms with Crippen LogP contribution < -0.4 is 14.8 Å². The molecule has 21 heavy (non-hydrogen) atoms. The van der Waals surface area contributed by atoms with Crippen LogP contribution >= 0.6 is 15.9 Å². The van der Waals surface area contributed by atoms with Gasteiger partial charge < -0.3 is 14.8 Å². The average molecular weight is 352 g/mol. The Morgan fingerprint density at radius 1 is 1.10 bits per heavy atom. The Hall–Kier alpha value is -1.82.